The highest BCUT2D eigenvalue weighted by molar-refractivity contribution is 7.89. The minimum atomic E-state index is -3.45. The van der Waals surface area contributed by atoms with Crippen molar-refractivity contribution >= 4 is 21.6 Å². The van der Waals surface area contributed by atoms with Crippen LogP contribution in [0.5, 0.6) is 0 Å². The third-order valence-electron chi connectivity index (χ3n) is 8.23. The van der Waals surface area contributed by atoms with Gasteiger partial charge in [0.2, 0.25) is 15.9 Å². The Hall–Kier alpha value is -2.26. The van der Waals surface area contributed by atoms with E-state index in [-0.39, 0.29) is 16.3 Å². The number of sulfonamides is 1. The summed E-state index contributed by atoms with van der Waals surface area (Å²) in [5.74, 6) is 1.14. The summed E-state index contributed by atoms with van der Waals surface area (Å²) in [5, 5.41) is 7.58. The number of hydrogen-bond acceptors (Lipinski definition) is 5. The highest BCUT2D eigenvalue weighted by atomic mass is 32.2. The minimum absolute atomic E-state index is 0.0613. The Morgan fingerprint density at radius 1 is 1.03 bits per heavy atom. The van der Waals surface area contributed by atoms with E-state index in [2.05, 4.69) is 15.4 Å². The lowest BCUT2D eigenvalue weighted by atomic mass is 9.46. The zero-order valence-electron chi connectivity index (χ0n) is 18.1. The van der Waals surface area contributed by atoms with Crippen LogP contribution >= 0.6 is 0 Å². The van der Waals surface area contributed by atoms with E-state index in [1.165, 1.54) is 6.42 Å². The predicted molar refractivity (Wildman–Crippen MR) is 118 cm³/mol. The fraction of sp³-hybridized carbons (Fsp3) is 0.609. The molecule has 0 radical (unpaired) electrons. The molecule has 4 saturated carbocycles. The summed E-state index contributed by atoms with van der Waals surface area (Å²) >= 11 is 0. The van der Waals surface area contributed by atoms with Crippen molar-refractivity contribution in [3.63, 3.8) is 0 Å². The maximum atomic E-state index is 13.6. The van der Waals surface area contributed by atoms with Crippen molar-refractivity contribution in [3.8, 4) is 0 Å². The first-order valence-electron chi connectivity index (χ1n) is 11.7. The molecule has 5 fully saturated rings. The van der Waals surface area contributed by atoms with Crippen LogP contribution in [0.4, 0.5) is 5.69 Å². The normalized spacial score (nSPS) is 34.1. The molecule has 1 aromatic heterocycles. The van der Waals surface area contributed by atoms with Gasteiger partial charge in [-0.2, -0.15) is 9.40 Å². The van der Waals surface area contributed by atoms with Crippen LogP contribution in [-0.2, 0) is 20.4 Å². The number of carbonyl (C=O) groups excluding carboxylic acids is 1. The van der Waals surface area contributed by atoms with Gasteiger partial charge in [0.25, 0.3) is 0 Å². The summed E-state index contributed by atoms with van der Waals surface area (Å²) in [5.41, 5.74) is 0.156. The van der Waals surface area contributed by atoms with E-state index in [0.29, 0.717) is 30.6 Å². The standard InChI is InChI=1S/C23H29N5O3S/c29-21(26-19-3-5-20(6-4-19)32(30,31)27-7-1-2-8-27)22-10-17-9-18(11-22)13-23(12-17,14-22)28-16-24-15-25-28/h3-6,15-18H,1-2,7-14H2,(H,26,29). The Bertz CT molecular complexity index is 1110. The third-order valence-corrected chi connectivity index (χ3v) is 10.1. The van der Waals surface area contributed by atoms with E-state index in [1.54, 1.807) is 41.2 Å². The average molecular weight is 456 g/mol. The van der Waals surface area contributed by atoms with Crippen LogP contribution in [0.1, 0.15) is 51.4 Å². The van der Waals surface area contributed by atoms with Gasteiger partial charge < -0.3 is 5.32 Å². The van der Waals surface area contributed by atoms with Gasteiger partial charge in [0.15, 0.2) is 0 Å². The topological polar surface area (TPSA) is 97.2 Å². The Labute approximate surface area is 188 Å². The molecule has 2 atom stereocenters. The largest absolute Gasteiger partial charge is 0.326 e. The third kappa shape index (κ3) is 3.12. The number of hydrogen-bond donors (Lipinski definition) is 1. The van der Waals surface area contributed by atoms with Gasteiger partial charge in [-0.1, -0.05) is 0 Å². The van der Waals surface area contributed by atoms with E-state index >= 15 is 0 Å². The predicted octanol–water partition coefficient (Wildman–Crippen LogP) is 3.00. The van der Waals surface area contributed by atoms with Crippen molar-refractivity contribution in [1.82, 2.24) is 19.1 Å². The molecule has 1 aliphatic heterocycles. The first-order chi connectivity index (χ1) is 15.4. The molecule has 9 heteroatoms. The molecule has 1 aromatic carbocycles. The second kappa shape index (κ2) is 7.12. The number of rotatable bonds is 5. The van der Waals surface area contributed by atoms with E-state index in [0.717, 1.165) is 44.9 Å². The number of amides is 1. The first-order valence-corrected chi connectivity index (χ1v) is 13.1. The lowest BCUT2D eigenvalue weighted by molar-refractivity contribution is -0.150. The monoisotopic (exact) mass is 455 g/mol. The van der Waals surface area contributed by atoms with E-state index in [9.17, 15) is 13.2 Å². The van der Waals surface area contributed by atoms with Gasteiger partial charge in [-0.25, -0.2) is 18.1 Å². The molecule has 4 aliphatic carbocycles. The zero-order chi connectivity index (χ0) is 22.0. The van der Waals surface area contributed by atoms with E-state index in [1.807, 2.05) is 4.68 Å². The number of nitrogens with one attached hydrogen (secondary N) is 1. The fourth-order valence-corrected chi connectivity index (χ4v) is 8.77. The van der Waals surface area contributed by atoms with Gasteiger partial charge in [-0.05, 0) is 87.5 Å². The molecule has 1 saturated heterocycles. The number of nitrogens with zero attached hydrogens (tertiary/aromatic N) is 4. The van der Waals surface area contributed by atoms with Crippen LogP contribution in [0.3, 0.4) is 0 Å². The van der Waals surface area contributed by atoms with Crippen molar-refractivity contribution in [2.24, 2.45) is 17.3 Å². The van der Waals surface area contributed by atoms with Gasteiger partial charge in [0.1, 0.15) is 12.7 Å². The summed E-state index contributed by atoms with van der Waals surface area (Å²) in [7, 11) is -3.45. The van der Waals surface area contributed by atoms with Crippen LogP contribution in [0, 0.1) is 17.3 Å². The Morgan fingerprint density at radius 2 is 1.72 bits per heavy atom. The quantitative estimate of drug-likeness (QED) is 0.748. The molecular formula is C23H29N5O3S. The van der Waals surface area contributed by atoms with Gasteiger partial charge in [-0.15, -0.1) is 0 Å². The molecule has 4 bridgehead atoms. The first kappa shape index (κ1) is 20.4. The van der Waals surface area contributed by atoms with Crippen LogP contribution in [0.15, 0.2) is 41.8 Å². The SMILES string of the molecule is O=C(Nc1ccc(S(=O)(=O)N2CCCC2)cc1)C12CC3CC(C1)CC(n1cncn1)(C3)C2. The highest BCUT2D eigenvalue weighted by Gasteiger charge is 2.61. The molecule has 5 aliphatic rings. The molecule has 2 aromatic rings. The second-order valence-electron chi connectivity index (χ2n) is 10.4. The maximum Gasteiger partial charge on any atom is 0.243 e. The molecule has 2 unspecified atom stereocenters. The lowest BCUT2D eigenvalue weighted by Gasteiger charge is -2.60. The molecule has 0 spiro atoms. The second-order valence-corrected chi connectivity index (χ2v) is 12.3. The summed E-state index contributed by atoms with van der Waals surface area (Å²) in [4.78, 5) is 18.0. The van der Waals surface area contributed by atoms with Crippen LogP contribution in [0.25, 0.3) is 0 Å². The molecule has 8 nitrogen and oxygen atoms in total. The highest BCUT2D eigenvalue weighted by Crippen LogP contribution is 2.64. The smallest absolute Gasteiger partial charge is 0.243 e. The van der Waals surface area contributed by atoms with Crippen LogP contribution in [-0.4, -0.2) is 46.5 Å². The van der Waals surface area contributed by atoms with Gasteiger partial charge in [0.05, 0.1) is 15.8 Å². The summed E-state index contributed by atoms with van der Waals surface area (Å²) in [6.07, 6.45) is 11.2. The van der Waals surface area contributed by atoms with E-state index < -0.39 is 15.4 Å². The molecule has 1 N–H and O–H groups in total. The fourth-order valence-electron chi connectivity index (χ4n) is 7.25. The maximum absolute atomic E-state index is 13.6. The average Bonchev–Trinajstić information content (AvgIpc) is 3.48. The van der Waals surface area contributed by atoms with E-state index in [4.69, 9.17) is 0 Å². The minimum Gasteiger partial charge on any atom is -0.326 e. The molecular weight excluding hydrogens is 426 g/mol. The molecule has 32 heavy (non-hydrogen) atoms. The van der Waals surface area contributed by atoms with Gasteiger partial charge in [-0.3, -0.25) is 4.79 Å². The Kier molecular flexibility index (Phi) is 4.53. The zero-order valence-corrected chi connectivity index (χ0v) is 18.9. The molecule has 170 valence electrons. The number of carbonyl (C=O) groups is 1. The number of anilines is 1. The Morgan fingerprint density at radius 3 is 2.34 bits per heavy atom. The summed E-state index contributed by atoms with van der Waals surface area (Å²) in [6, 6.07) is 6.66. The summed E-state index contributed by atoms with van der Waals surface area (Å²) < 4.78 is 29.1. The Balaban J connectivity index is 1.22. The van der Waals surface area contributed by atoms with Crippen molar-refractivity contribution < 1.29 is 13.2 Å². The molecule has 1 amide bonds. The number of aromatic nitrogens is 3. The molecule has 7 rings (SSSR count). The van der Waals surface area contributed by atoms with Gasteiger partial charge >= 0.3 is 0 Å². The van der Waals surface area contributed by atoms with Gasteiger partial charge in [0, 0.05) is 18.8 Å². The van der Waals surface area contributed by atoms with Crippen molar-refractivity contribution in [1.29, 1.82) is 0 Å². The van der Waals surface area contributed by atoms with Crippen molar-refractivity contribution in [3.05, 3.63) is 36.9 Å². The number of benzene rings is 1. The van der Waals surface area contributed by atoms with Crippen molar-refractivity contribution in [2.45, 2.75) is 61.8 Å². The molecule has 2 heterocycles. The van der Waals surface area contributed by atoms with Crippen LogP contribution < -0.4 is 5.32 Å². The lowest BCUT2D eigenvalue weighted by Crippen LogP contribution is -2.60. The van der Waals surface area contributed by atoms with Crippen LogP contribution in [0.2, 0.25) is 0 Å². The van der Waals surface area contributed by atoms with Crippen molar-refractivity contribution in [2.75, 3.05) is 18.4 Å². The summed E-state index contributed by atoms with van der Waals surface area (Å²) in [6.45, 7) is 1.17.